The third-order valence-electron chi connectivity index (χ3n) is 2.45. The highest BCUT2D eigenvalue weighted by Gasteiger charge is 2.12. The van der Waals surface area contributed by atoms with Crippen molar-refractivity contribution in [2.24, 2.45) is 0 Å². The summed E-state index contributed by atoms with van der Waals surface area (Å²) in [4.78, 5) is 6.85. The van der Waals surface area contributed by atoms with E-state index in [4.69, 9.17) is 17.0 Å². The third kappa shape index (κ3) is 3.28. The largest absolute Gasteiger partial charge is 0.486 e. The monoisotopic (exact) mass is 225 g/mol. The lowest BCUT2D eigenvalue weighted by molar-refractivity contribution is 0.193. The van der Waals surface area contributed by atoms with Gasteiger partial charge in [-0.15, -0.1) is 0 Å². The zero-order valence-corrected chi connectivity index (χ0v) is 9.35. The van der Waals surface area contributed by atoms with Crippen LogP contribution in [0.15, 0.2) is 12.4 Å². The summed E-state index contributed by atoms with van der Waals surface area (Å²) in [6, 6.07) is 0. The normalized spacial score (nSPS) is 22.0. The summed E-state index contributed by atoms with van der Waals surface area (Å²) in [6.45, 7) is 2.00. The van der Waals surface area contributed by atoms with E-state index in [-0.39, 0.29) is 6.10 Å². The zero-order chi connectivity index (χ0) is 10.5. The average Bonchev–Trinajstić information content (AvgIpc) is 2.50. The van der Waals surface area contributed by atoms with Crippen molar-refractivity contribution in [3.63, 3.8) is 0 Å². The Kier molecular flexibility index (Phi) is 3.69. The quantitative estimate of drug-likeness (QED) is 0.752. The number of H-pyrrole nitrogens is 1. The SMILES string of the molecule is S=c1ncc(OC2CCCCNC2)c[nH]1. The Bertz CT molecular complexity index is 337. The predicted molar refractivity (Wildman–Crippen MR) is 60.6 cm³/mol. The summed E-state index contributed by atoms with van der Waals surface area (Å²) in [5.74, 6) is 0.761. The molecular weight excluding hydrogens is 210 g/mol. The standard InChI is InChI=1S/C10H15N3OS/c15-10-12-6-9(7-13-10)14-8-3-1-2-4-11-5-8/h6-8,11H,1-5H2,(H,12,13,15). The molecule has 2 N–H and O–H groups in total. The molecule has 0 bridgehead atoms. The molecule has 0 saturated carbocycles. The van der Waals surface area contributed by atoms with Crippen LogP contribution in [0.5, 0.6) is 5.75 Å². The first-order chi connectivity index (χ1) is 7.34. The van der Waals surface area contributed by atoms with Gasteiger partial charge in [-0.05, 0) is 38.0 Å². The highest BCUT2D eigenvalue weighted by atomic mass is 32.1. The summed E-state index contributed by atoms with van der Waals surface area (Å²) >= 11 is 4.86. The number of nitrogens with zero attached hydrogens (tertiary/aromatic N) is 1. The minimum absolute atomic E-state index is 0.249. The molecule has 82 valence electrons. The molecule has 1 aromatic heterocycles. The van der Waals surface area contributed by atoms with Gasteiger partial charge < -0.3 is 15.0 Å². The highest BCUT2D eigenvalue weighted by Crippen LogP contribution is 2.13. The molecular formula is C10H15N3OS. The van der Waals surface area contributed by atoms with E-state index in [9.17, 15) is 0 Å². The van der Waals surface area contributed by atoms with Gasteiger partial charge in [0.2, 0.25) is 0 Å². The summed E-state index contributed by atoms with van der Waals surface area (Å²) in [6.07, 6.45) is 7.23. The highest BCUT2D eigenvalue weighted by molar-refractivity contribution is 7.71. The Morgan fingerprint density at radius 2 is 2.40 bits per heavy atom. The number of aromatic amines is 1. The fourth-order valence-corrected chi connectivity index (χ4v) is 1.79. The van der Waals surface area contributed by atoms with Crippen molar-refractivity contribution in [1.29, 1.82) is 0 Å². The zero-order valence-electron chi connectivity index (χ0n) is 8.53. The van der Waals surface area contributed by atoms with Crippen molar-refractivity contribution >= 4 is 12.2 Å². The molecule has 0 aliphatic carbocycles. The van der Waals surface area contributed by atoms with Crippen LogP contribution in [0.4, 0.5) is 0 Å². The molecule has 5 heteroatoms. The van der Waals surface area contributed by atoms with Crippen molar-refractivity contribution in [3.8, 4) is 5.75 Å². The summed E-state index contributed by atoms with van der Waals surface area (Å²) in [5, 5.41) is 3.35. The fourth-order valence-electron chi connectivity index (χ4n) is 1.67. The van der Waals surface area contributed by atoms with Crippen molar-refractivity contribution < 1.29 is 4.74 Å². The van der Waals surface area contributed by atoms with Gasteiger partial charge in [-0.3, -0.25) is 0 Å². The Hall–Kier alpha value is -0.940. The van der Waals surface area contributed by atoms with Crippen molar-refractivity contribution in [2.45, 2.75) is 25.4 Å². The minimum Gasteiger partial charge on any atom is -0.486 e. The molecule has 0 radical (unpaired) electrons. The van der Waals surface area contributed by atoms with Gasteiger partial charge in [0.25, 0.3) is 0 Å². The number of hydrogen-bond donors (Lipinski definition) is 2. The molecule has 0 aromatic carbocycles. The van der Waals surface area contributed by atoms with Gasteiger partial charge in [0.05, 0.1) is 6.20 Å². The molecule has 1 aromatic rings. The number of ether oxygens (including phenoxy) is 1. The summed E-state index contributed by atoms with van der Waals surface area (Å²) in [7, 11) is 0. The second-order valence-corrected chi connectivity index (χ2v) is 4.08. The van der Waals surface area contributed by atoms with Crippen LogP contribution in [0.25, 0.3) is 0 Å². The molecule has 1 aliphatic rings. The van der Waals surface area contributed by atoms with E-state index >= 15 is 0 Å². The van der Waals surface area contributed by atoms with E-state index in [1.807, 2.05) is 0 Å². The van der Waals surface area contributed by atoms with Crippen LogP contribution >= 0.6 is 12.2 Å². The molecule has 4 nitrogen and oxygen atoms in total. The van der Waals surface area contributed by atoms with Crippen molar-refractivity contribution in [3.05, 3.63) is 17.2 Å². The van der Waals surface area contributed by atoms with Crippen LogP contribution in [-0.4, -0.2) is 29.2 Å². The van der Waals surface area contributed by atoms with Gasteiger partial charge in [0.15, 0.2) is 10.5 Å². The van der Waals surface area contributed by atoms with Crippen LogP contribution in [0.3, 0.4) is 0 Å². The van der Waals surface area contributed by atoms with Crippen molar-refractivity contribution in [2.75, 3.05) is 13.1 Å². The molecule has 0 spiro atoms. The molecule has 0 amide bonds. The molecule has 2 heterocycles. The minimum atomic E-state index is 0.249. The lowest BCUT2D eigenvalue weighted by Crippen LogP contribution is -2.29. The van der Waals surface area contributed by atoms with E-state index in [1.54, 1.807) is 12.4 Å². The van der Waals surface area contributed by atoms with Gasteiger partial charge >= 0.3 is 0 Å². The van der Waals surface area contributed by atoms with Gasteiger partial charge in [0, 0.05) is 12.7 Å². The second kappa shape index (κ2) is 5.23. The Labute approximate surface area is 94.1 Å². The number of aromatic nitrogens is 2. The number of hydrogen-bond acceptors (Lipinski definition) is 4. The summed E-state index contributed by atoms with van der Waals surface area (Å²) < 4.78 is 6.28. The molecule has 1 saturated heterocycles. The Balaban J connectivity index is 1.95. The molecule has 1 atom stereocenters. The van der Waals surface area contributed by atoms with Crippen LogP contribution in [0, 0.1) is 4.77 Å². The maximum absolute atomic E-state index is 5.79. The molecule has 15 heavy (non-hydrogen) atoms. The predicted octanol–water partition coefficient (Wildman–Crippen LogP) is 1.66. The Morgan fingerprint density at radius 1 is 1.47 bits per heavy atom. The first-order valence-electron chi connectivity index (χ1n) is 5.27. The maximum atomic E-state index is 5.79. The van der Waals surface area contributed by atoms with Crippen molar-refractivity contribution in [1.82, 2.24) is 15.3 Å². The lowest BCUT2D eigenvalue weighted by Gasteiger charge is -2.16. The van der Waals surface area contributed by atoms with Crippen LogP contribution in [0.2, 0.25) is 0 Å². The van der Waals surface area contributed by atoms with Gasteiger partial charge in [0.1, 0.15) is 6.10 Å². The number of nitrogens with one attached hydrogen (secondary N) is 2. The lowest BCUT2D eigenvalue weighted by atomic mass is 10.2. The van der Waals surface area contributed by atoms with E-state index < -0.39 is 0 Å². The Morgan fingerprint density at radius 3 is 3.20 bits per heavy atom. The van der Waals surface area contributed by atoms with E-state index in [0.29, 0.717) is 4.77 Å². The fraction of sp³-hybridized carbons (Fsp3) is 0.600. The van der Waals surface area contributed by atoms with Crippen LogP contribution in [0.1, 0.15) is 19.3 Å². The number of rotatable bonds is 2. The third-order valence-corrected chi connectivity index (χ3v) is 2.67. The molecule has 2 rings (SSSR count). The first-order valence-corrected chi connectivity index (χ1v) is 5.67. The van der Waals surface area contributed by atoms with Crippen LogP contribution in [-0.2, 0) is 0 Å². The maximum Gasteiger partial charge on any atom is 0.196 e. The van der Waals surface area contributed by atoms with Gasteiger partial charge in [-0.2, -0.15) is 0 Å². The second-order valence-electron chi connectivity index (χ2n) is 3.69. The van der Waals surface area contributed by atoms with E-state index in [2.05, 4.69) is 15.3 Å². The molecule has 1 aliphatic heterocycles. The topological polar surface area (TPSA) is 49.9 Å². The van der Waals surface area contributed by atoms with E-state index in [1.165, 1.54) is 12.8 Å². The summed E-state index contributed by atoms with van der Waals surface area (Å²) in [5.41, 5.74) is 0. The van der Waals surface area contributed by atoms with Gasteiger partial charge in [-0.25, -0.2) is 4.98 Å². The average molecular weight is 225 g/mol. The van der Waals surface area contributed by atoms with E-state index in [0.717, 1.165) is 25.3 Å². The van der Waals surface area contributed by atoms with Crippen LogP contribution < -0.4 is 10.1 Å². The molecule has 1 unspecified atom stereocenters. The van der Waals surface area contributed by atoms with Gasteiger partial charge in [-0.1, -0.05) is 0 Å². The molecule has 1 fully saturated rings. The smallest absolute Gasteiger partial charge is 0.196 e. The first kappa shape index (κ1) is 10.6.